The highest BCUT2D eigenvalue weighted by molar-refractivity contribution is 6.34. The molecule has 2 aromatic carbocycles. The number of hydrogen-bond acceptors (Lipinski definition) is 3. The van der Waals surface area contributed by atoms with Gasteiger partial charge in [-0.15, -0.1) is 0 Å². The van der Waals surface area contributed by atoms with Crippen LogP contribution >= 0.6 is 23.2 Å². The Morgan fingerprint density at radius 3 is 2.00 bits per heavy atom. The molecule has 1 N–H and O–H groups in total. The Bertz CT molecular complexity index is 553. The number of ether oxygens (including phenoxy) is 2. The average molecular weight is 326 g/mol. The number of benzene rings is 2. The van der Waals surface area contributed by atoms with E-state index in [0.717, 1.165) is 12.3 Å². The first-order valence-electron chi connectivity index (χ1n) is 6.62. The van der Waals surface area contributed by atoms with Gasteiger partial charge in [0.2, 0.25) is 0 Å². The van der Waals surface area contributed by atoms with Gasteiger partial charge in [0, 0.05) is 16.6 Å². The van der Waals surface area contributed by atoms with E-state index >= 15 is 0 Å². The Kier molecular flexibility index (Phi) is 6.18. The van der Waals surface area contributed by atoms with Gasteiger partial charge >= 0.3 is 0 Å². The van der Waals surface area contributed by atoms with Crippen LogP contribution in [0.5, 0.6) is 11.5 Å². The second kappa shape index (κ2) is 8.13. The Balaban J connectivity index is 1.76. The fourth-order valence-corrected chi connectivity index (χ4v) is 2.34. The van der Waals surface area contributed by atoms with Crippen LogP contribution in [0.25, 0.3) is 0 Å². The zero-order chi connectivity index (χ0) is 15.1. The van der Waals surface area contributed by atoms with Crippen molar-refractivity contribution >= 4 is 23.2 Å². The van der Waals surface area contributed by atoms with E-state index in [2.05, 4.69) is 5.32 Å². The summed E-state index contributed by atoms with van der Waals surface area (Å²) in [5, 5.41) is 4.21. The predicted octanol–water partition coefficient (Wildman–Crippen LogP) is 4.17. The highest BCUT2D eigenvalue weighted by Crippen LogP contribution is 2.24. The molecule has 0 heterocycles. The number of rotatable bonds is 7. The SMILES string of the molecule is CNCc1ccc(OCCOc2cc(Cl)cc(Cl)c2)cc1. The van der Waals surface area contributed by atoms with Crippen LogP contribution in [0.2, 0.25) is 10.0 Å². The summed E-state index contributed by atoms with van der Waals surface area (Å²) in [6.07, 6.45) is 0. The fourth-order valence-electron chi connectivity index (χ4n) is 1.84. The molecule has 0 saturated heterocycles. The molecule has 21 heavy (non-hydrogen) atoms. The highest BCUT2D eigenvalue weighted by Gasteiger charge is 2.00. The van der Waals surface area contributed by atoms with Crippen molar-refractivity contribution in [3.05, 3.63) is 58.1 Å². The summed E-state index contributed by atoms with van der Waals surface area (Å²) in [5.74, 6) is 1.46. The smallest absolute Gasteiger partial charge is 0.122 e. The van der Waals surface area contributed by atoms with Crippen molar-refractivity contribution in [2.24, 2.45) is 0 Å². The Morgan fingerprint density at radius 1 is 0.857 bits per heavy atom. The molecular formula is C16H17Cl2NO2. The molecule has 0 fully saturated rings. The van der Waals surface area contributed by atoms with E-state index in [1.165, 1.54) is 5.56 Å². The first-order chi connectivity index (χ1) is 10.2. The summed E-state index contributed by atoms with van der Waals surface area (Å²) in [7, 11) is 1.92. The van der Waals surface area contributed by atoms with E-state index in [-0.39, 0.29) is 0 Å². The normalized spacial score (nSPS) is 10.4. The highest BCUT2D eigenvalue weighted by atomic mass is 35.5. The standard InChI is InChI=1S/C16H17Cl2NO2/c1-19-11-12-2-4-15(5-3-12)20-6-7-21-16-9-13(17)8-14(18)10-16/h2-5,8-10,19H,6-7,11H2,1H3. The van der Waals surface area contributed by atoms with Crippen molar-refractivity contribution < 1.29 is 9.47 Å². The molecule has 0 amide bonds. The lowest BCUT2D eigenvalue weighted by Crippen LogP contribution is -2.09. The van der Waals surface area contributed by atoms with Crippen molar-refractivity contribution in [2.45, 2.75) is 6.54 Å². The third-order valence-corrected chi connectivity index (χ3v) is 3.20. The van der Waals surface area contributed by atoms with Crippen LogP contribution in [0.3, 0.4) is 0 Å². The van der Waals surface area contributed by atoms with Crippen LogP contribution in [0, 0.1) is 0 Å². The summed E-state index contributed by atoms with van der Waals surface area (Å²) >= 11 is 11.8. The summed E-state index contributed by atoms with van der Waals surface area (Å²) in [4.78, 5) is 0. The van der Waals surface area contributed by atoms with Gasteiger partial charge in [0.05, 0.1) is 0 Å². The van der Waals surface area contributed by atoms with Gasteiger partial charge in [0.25, 0.3) is 0 Å². The molecule has 2 rings (SSSR count). The largest absolute Gasteiger partial charge is 0.490 e. The maximum absolute atomic E-state index is 5.90. The minimum atomic E-state index is 0.426. The minimum absolute atomic E-state index is 0.426. The molecule has 0 unspecified atom stereocenters. The number of hydrogen-bond donors (Lipinski definition) is 1. The number of nitrogens with one attached hydrogen (secondary N) is 1. The lowest BCUT2D eigenvalue weighted by atomic mass is 10.2. The van der Waals surface area contributed by atoms with E-state index in [9.17, 15) is 0 Å². The van der Waals surface area contributed by atoms with Gasteiger partial charge in [-0.25, -0.2) is 0 Å². The van der Waals surface area contributed by atoms with Gasteiger partial charge < -0.3 is 14.8 Å². The minimum Gasteiger partial charge on any atom is -0.490 e. The third-order valence-electron chi connectivity index (χ3n) is 2.76. The van der Waals surface area contributed by atoms with E-state index in [1.807, 2.05) is 31.3 Å². The molecule has 0 aromatic heterocycles. The summed E-state index contributed by atoms with van der Waals surface area (Å²) in [5.41, 5.74) is 1.22. The number of halogens is 2. The molecule has 0 radical (unpaired) electrons. The van der Waals surface area contributed by atoms with Crippen molar-refractivity contribution in [1.29, 1.82) is 0 Å². The Hall–Kier alpha value is -1.42. The zero-order valence-electron chi connectivity index (χ0n) is 11.7. The molecule has 112 valence electrons. The van der Waals surface area contributed by atoms with Gasteiger partial charge in [0.15, 0.2) is 0 Å². The Labute approximate surface area is 134 Å². The van der Waals surface area contributed by atoms with Crippen LogP contribution in [0.1, 0.15) is 5.56 Å². The van der Waals surface area contributed by atoms with Crippen molar-refractivity contribution in [3.63, 3.8) is 0 Å². The average Bonchev–Trinajstić information content (AvgIpc) is 2.45. The summed E-state index contributed by atoms with van der Waals surface area (Å²) < 4.78 is 11.2. The quantitative estimate of drug-likeness (QED) is 0.775. The molecule has 0 spiro atoms. The predicted molar refractivity (Wildman–Crippen MR) is 86.7 cm³/mol. The fraction of sp³-hybridized carbons (Fsp3) is 0.250. The maximum Gasteiger partial charge on any atom is 0.122 e. The van der Waals surface area contributed by atoms with E-state index in [0.29, 0.717) is 29.0 Å². The molecule has 0 saturated carbocycles. The van der Waals surface area contributed by atoms with Gasteiger partial charge in [-0.3, -0.25) is 0 Å². The van der Waals surface area contributed by atoms with Crippen LogP contribution in [-0.2, 0) is 6.54 Å². The van der Waals surface area contributed by atoms with Crippen molar-refractivity contribution in [1.82, 2.24) is 5.32 Å². The van der Waals surface area contributed by atoms with E-state index < -0.39 is 0 Å². The van der Waals surface area contributed by atoms with Crippen molar-refractivity contribution in [2.75, 3.05) is 20.3 Å². The van der Waals surface area contributed by atoms with E-state index in [1.54, 1.807) is 18.2 Å². The van der Waals surface area contributed by atoms with Crippen LogP contribution in [0.4, 0.5) is 0 Å². The first kappa shape index (κ1) is 16.0. The molecule has 3 nitrogen and oxygen atoms in total. The van der Waals surface area contributed by atoms with Gasteiger partial charge in [-0.05, 0) is 42.9 Å². The van der Waals surface area contributed by atoms with Crippen molar-refractivity contribution in [3.8, 4) is 11.5 Å². The lowest BCUT2D eigenvalue weighted by Gasteiger charge is -2.09. The molecule has 5 heteroatoms. The molecule has 0 atom stereocenters. The zero-order valence-corrected chi connectivity index (χ0v) is 13.2. The topological polar surface area (TPSA) is 30.5 Å². The molecular weight excluding hydrogens is 309 g/mol. The van der Waals surface area contributed by atoms with Gasteiger partial charge in [-0.2, -0.15) is 0 Å². The van der Waals surface area contributed by atoms with Gasteiger partial charge in [-0.1, -0.05) is 35.3 Å². The van der Waals surface area contributed by atoms with Gasteiger partial charge in [0.1, 0.15) is 24.7 Å². The van der Waals surface area contributed by atoms with Crippen LogP contribution in [-0.4, -0.2) is 20.3 Å². The van der Waals surface area contributed by atoms with Crippen LogP contribution < -0.4 is 14.8 Å². The molecule has 0 aliphatic carbocycles. The second-order valence-corrected chi connectivity index (χ2v) is 5.35. The Morgan fingerprint density at radius 2 is 1.43 bits per heavy atom. The van der Waals surface area contributed by atoms with E-state index in [4.69, 9.17) is 32.7 Å². The summed E-state index contributed by atoms with van der Waals surface area (Å²) in [6.45, 7) is 1.73. The summed E-state index contributed by atoms with van der Waals surface area (Å²) in [6, 6.07) is 13.1. The monoisotopic (exact) mass is 325 g/mol. The van der Waals surface area contributed by atoms with Crippen LogP contribution in [0.15, 0.2) is 42.5 Å². The molecule has 0 aliphatic rings. The lowest BCUT2D eigenvalue weighted by molar-refractivity contribution is 0.217. The second-order valence-electron chi connectivity index (χ2n) is 4.48. The third kappa shape index (κ3) is 5.46. The molecule has 2 aromatic rings. The maximum atomic E-state index is 5.90. The molecule has 0 aliphatic heterocycles. The molecule has 0 bridgehead atoms. The first-order valence-corrected chi connectivity index (χ1v) is 7.38.